The van der Waals surface area contributed by atoms with Gasteiger partial charge in [0.1, 0.15) is 13.7 Å². The van der Waals surface area contributed by atoms with Crippen LogP contribution in [0.25, 0.3) is 5.65 Å². The molecule has 2 radical (unpaired) electrons. The highest BCUT2D eigenvalue weighted by molar-refractivity contribution is 6.32. The molecule has 0 aromatic carbocycles. The van der Waals surface area contributed by atoms with Gasteiger partial charge in [-0.25, -0.2) is 0 Å². The second kappa shape index (κ2) is 2.62. The Hall–Kier alpha value is -1.32. The number of aryl methyl sites for hydroxylation is 1. The molecule has 0 unspecified atom stereocenters. The van der Waals surface area contributed by atoms with Gasteiger partial charge in [-0.2, -0.15) is 0 Å². The molecule has 2 rings (SSSR count). The Kier molecular flexibility index (Phi) is 1.61. The van der Waals surface area contributed by atoms with E-state index in [0.29, 0.717) is 0 Å². The van der Waals surface area contributed by atoms with Crippen molar-refractivity contribution in [1.29, 1.82) is 0 Å². The summed E-state index contributed by atoms with van der Waals surface area (Å²) in [5.41, 5.74) is 1.53. The minimum absolute atomic E-state index is 0.720. The van der Waals surface area contributed by atoms with Crippen LogP contribution in [-0.2, 0) is 6.42 Å². The van der Waals surface area contributed by atoms with Crippen molar-refractivity contribution in [2.24, 2.45) is 0 Å². The predicted molar refractivity (Wildman–Crippen MR) is 47.8 cm³/mol. The quantitative estimate of drug-likeness (QED) is 0.549. The van der Waals surface area contributed by atoms with E-state index in [1.54, 1.807) is 0 Å². The maximum atomic E-state index is 5.59. The molecule has 2 aromatic rings. The highest BCUT2D eigenvalue weighted by atomic mass is 15.2. The van der Waals surface area contributed by atoms with Gasteiger partial charge in [-0.1, -0.05) is 18.5 Å². The topological polar surface area (TPSA) is 30.2 Å². The fraction of sp³-hybridized carbons (Fsp3) is 0.250. The van der Waals surface area contributed by atoms with Gasteiger partial charge >= 0.3 is 0 Å². The van der Waals surface area contributed by atoms with Gasteiger partial charge in [0.2, 0.25) is 0 Å². The average Bonchev–Trinajstić information content (AvgIpc) is 2.46. The molecule has 58 valence electrons. The van der Waals surface area contributed by atoms with E-state index in [9.17, 15) is 0 Å². The highest BCUT2D eigenvalue weighted by Crippen LogP contribution is 2.00. The minimum atomic E-state index is 0.720. The first-order chi connectivity index (χ1) is 5.81. The lowest BCUT2D eigenvalue weighted by Gasteiger charge is -1.96. The first-order valence-corrected chi connectivity index (χ1v) is 3.90. The third-order valence-corrected chi connectivity index (χ3v) is 1.82. The van der Waals surface area contributed by atoms with Crippen LogP contribution in [0.5, 0.6) is 0 Å². The zero-order valence-corrected chi connectivity index (χ0v) is 6.86. The highest BCUT2D eigenvalue weighted by Gasteiger charge is 2.00. The number of fused-ring (bicyclic) bond motifs is 1. The molecule has 0 atom stereocenters. The molecule has 3 nitrogen and oxygen atoms in total. The Morgan fingerprint density at radius 2 is 2.33 bits per heavy atom. The minimum Gasteiger partial charge on any atom is -0.286 e. The Balaban J connectivity index is 2.73. The zero-order valence-electron chi connectivity index (χ0n) is 6.86. The first kappa shape index (κ1) is 7.34. The number of nitrogens with zero attached hydrogens (tertiary/aromatic N) is 3. The van der Waals surface area contributed by atoms with E-state index in [-0.39, 0.29) is 0 Å². The molecule has 2 aromatic heterocycles. The Morgan fingerprint density at radius 3 is 3.08 bits per heavy atom. The largest absolute Gasteiger partial charge is 0.286 e. The summed E-state index contributed by atoms with van der Waals surface area (Å²) in [4.78, 5) is 0. The summed E-state index contributed by atoms with van der Waals surface area (Å²) in [6, 6.07) is 3.65. The molecule has 0 bridgehead atoms. The van der Waals surface area contributed by atoms with Crippen molar-refractivity contribution in [3.63, 3.8) is 0 Å². The number of pyridine rings is 1. The van der Waals surface area contributed by atoms with E-state index in [1.807, 2.05) is 29.7 Å². The fourth-order valence-corrected chi connectivity index (χ4v) is 1.20. The van der Waals surface area contributed by atoms with Gasteiger partial charge in [0.15, 0.2) is 5.65 Å². The fourth-order valence-electron chi connectivity index (χ4n) is 1.20. The lowest BCUT2D eigenvalue weighted by molar-refractivity contribution is 0.910. The van der Waals surface area contributed by atoms with E-state index in [0.717, 1.165) is 23.4 Å². The van der Waals surface area contributed by atoms with Gasteiger partial charge in [0.05, 0.1) is 0 Å². The van der Waals surface area contributed by atoms with Gasteiger partial charge in [0, 0.05) is 12.6 Å². The summed E-state index contributed by atoms with van der Waals surface area (Å²) in [5, 5.41) is 8.00. The molecule has 0 aliphatic heterocycles. The molecule has 0 fully saturated rings. The molecule has 0 aliphatic carbocycles. The molecule has 0 amide bonds. The molecule has 12 heavy (non-hydrogen) atoms. The van der Waals surface area contributed by atoms with Crippen LogP contribution in [0.3, 0.4) is 0 Å². The Morgan fingerprint density at radius 1 is 1.50 bits per heavy atom. The maximum Gasteiger partial charge on any atom is 0.160 e. The second-order valence-corrected chi connectivity index (χ2v) is 2.66. The maximum absolute atomic E-state index is 5.59. The summed E-state index contributed by atoms with van der Waals surface area (Å²) in [5.74, 6) is 0.963. The standard InChI is InChI=1S/C8H8BN3/c1-2-7-10-11-8-5-6(9)3-4-12(7)8/h3-5H,2H2,1H3. The zero-order chi connectivity index (χ0) is 8.55. The van der Waals surface area contributed by atoms with Crippen molar-refractivity contribution in [2.45, 2.75) is 13.3 Å². The van der Waals surface area contributed by atoms with Crippen molar-refractivity contribution in [3.05, 3.63) is 24.2 Å². The monoisotopic (exact) mass is 157 g/mol. The van der Waals surface area contributed by atoms with Crippen molar-refractivity contribution < 1.29 is 0 Å². The normalized spacial score (nSPS) is 10.8. The number of hydrogen-bond donors (Lipinski definition) is 0. The Bertz CT molecular complexity index is 408. The summed E-state index contributed by atoms with van der Waals surface area (Å²) in [6.45, 7) is 2.05. The van der Waals surface area contributed by atoms with Gasteiger partial charge in [-0.3, -0.25) is 4.40 Å². The molecule has 0 N–H and O–H groups in total. The molecule has 0 aliphatic rings. The van der Waals surface area contributed by atoms with Crippen LogP contribution in [0.2, 0.25) is 0 Å². The van der Waals surface area contributed by atoms with E-state index in [1.165, 1.54) is 0 Å². The smallest absolute Gasteiger partial charge is 0.160 e. The van der Waals surface area contributed by atoms with Crippen molar-refractivity contribution >= 4 is 19.0 Å². The van der Waals surface area contributed by atoms with Crippen molar-refractivity contribution in [2.75, 3.05) is 0 Å². The van der Waals surface area contributed by atoms with Crippen LogP contribution in [0, 0.1) is 0 Å². The van der Waals surface area contributed by atoms with Gasteiger partial charge in [-0.15, -0.1) is 10.2 Å². The van der Waals surface area contributed by atoms with E-state index >= 15 is 0 Å². The van der Waals surface area contributed by atoms with E-state index < -0.39 is 0 Å². The third-order valence-electron chi connectivity index (χ3n) is 1.82. The molecular weight excluding hydrogens is 149 g/mol. The molecule has 2 heterocycles. The van der Waals surface area contributed by atoms with Crippen LogP contribution in [0.4, 0.5) is 0 Å². The summed E-state index contributed by atoms with van der Waals surface area (Å²) < 4.78 is 1.94. The number of aromatic nitrogens is 3. The molecule has 4 heteroatoms. The summed E-state index contributed by atoms with van der Waals surface area (Å²) >= 11 is 0. The van der Waals surface area contributed by atoms with Crippen LogP contribution in [0.1, 0.15) is 12.7 Å². The van der Waals surface area contributed by atoms with E-state index in [2.05, 4.69) is 10.2 Å². The van der Waals surface area contributed by atoms with Gasteiger partial charge < -0.3 is 0 Å². The first-order valence-electron chi connectivity index (χ1n) is 3.90. The average molecular weight is 157 g/mol. The van der Waals surface area contributed by atoms with Crippen LogP contribution in [0.15, 0.2) is 18.3 Å². The number of hydrogen-bond acceptors (Lipinski definition) is 2. The third kappa shape index (κ3) is 0.997. The summed E-state index contributed by atoms with van der Waals surface area (Å²) in [7, 11) is 5.59. The SMILES string of the molecule is [B]c1ccn2c(CC)nnc2c1. The number of rotatable bonds is 1. The van der Waals surface area contributed by atoms with Crippen LogP contribution < -0.4 is 5.46 Å². The molecular formula is C8H8BN3. The van der Waals surface area contributed by atoms with Crippen molar-refractivity contribution in [3.8, 4) is 0 Å². The second-order valence-electron chi connectivity index (χ2n) is 2.66. The predicted octanol–water partition coefficient (Wildman–Crippen LogP) is 0.0855. The van der Waals surface area contributed by atoms with E-state index in [4.69, 9.17) is 7.85 Å². The molecule has 0 saturated heterocycles. The molecule has 0 spiro atoms. The van der Waals surface area contributed by atoms with Gasteiger partial charge in [-0.05, 0) is 6.07 Å². The Labute approximate surface area is 71.8 Å². The van der Waals surface area contributed by atoms with Crippen LogP contribution >= 0.6 is 0 Å². The lowest BCUT2D eigenvalue weighted by atomic mass is 9.98. The lowest BCUT2D eigenvalue weighted by Crippen LogP contribution is -2.03. The van der Waals surface area contributed by atoms with Crippen molar-refractivity contribution in [1.82, 2.24) is 14.6 Å². The molecule has 0 saturated carbocycles. The van der Waals surface area contributed by atoms with Crippen LogP contribution in [-0.4, -0.2) is 22.4 Å². The summed E-state index contributed by atoms with van der Waals surface area (Å²) in [6.07, 6.45) is 2.77. The van der Waals surface area contributed by atoms with Gasteiger partial charge in [0.25, 0.3) is 0 Å².